The van der Waals surface area contributed by atoms with Gasteiger partial charge in [-0.1, -0.05) is 54.3 Å². The van der Waals surface area contributed by atoms with E-state index < -0.39 is 5.97 Å². The summed E-state index contributed by atoms with van der Waals surface area (Å²) in [6.45, 7) is 0. The van der Waals surface area contributed by atoms with Gasteiger partial charge in [0.2, 0.25) is 0 Å². The fraction of sp³-hybridized carbons (Fsp3) is 0. The molecular formula is C17H10NO4S2-. The Labute approximate surface area is 147 Å². The van der Waals surface area contributed by atoms with Crippen molar-refractivity contribution >= 4 is 51.9 Å². The molecule has 1 saturated heterocycles. The zero-order valence-electron chi connectivity index (χ0n) is 12.1. The number of carbonyl (C=O) groups is 2. The van der Waals surface area contributed by atoms with Crippen molar-refractivity contribution in [2.75, 3.05) is 4.90 Å². The molecule has 1 aliphatic rings. The van der Waals surface area contributed by atoms with Gasteiger partial charge in [-0.3, -0.25) is 9.69 Å². The molecule has 1 N–H and O–H groups in total. The number of benzene rings is 2. The molecule has 0 atom stereocenters. The zero-order valence-corrected chi connectivity index (χ0v) is 13.8. The van der Waals surface area contributed by atoms with Crippen LogP contribution in [0.15, 0.2) is 53.4 Å². The van der Waals surface area contributed by atoms with E-state index in [1.807, 2.05) is 0 Å². The molecule has 0 spiro atoms. The van der Waals surface area contributed by atoms with E-state index in [4.69, 9.17) is 12.2 Å². The largest absolute Gasteiger partial charge is 0.872 e. The number of thioether (sulfide) groups is 1. The topological polar surface area (TPSA) is 80.7 Å². The highest BCUT2D eigenvalue weighted by molar-refractivity contribution is 8.27. The number of carboxylic acids is 1. The molecule has 0 aromatic heterocycles. The summed E-state index contributed by atoms with van der Waals surface area (Å²) in [5.41, 5.74) is 1.05. The van der Waals surface area contributed by atoms with Gasteiger partial charge in [0.25, 0.3) is 5.91 Å². The van der Waals surface area contributed by atoms with Gasteiger partial charge < -0.3 is 10.2 Å². The molecule has 1 heterocycles. The summed E-state index contributed by atoms with van der Waals surface area (Å²) in [6, 6.07) is 12.2. The molecule has 1 aliphatic heterocycles. The molecule has 24 heavy (non-hydrogen) atoms. The van der Waals surface area contributed by atoms with E-state index in [0.717, 1.165) is 11.8 Å². The molecule has 1 amide bonds. The van der Waals surface area contributed by atoms with Gasteiger partial charge in [0.15, 0.2) is 4.32 Å². The Morgan fingerprint density at radius 1 is 1.17 bits per heavy atom. The number of hydrogen-bond acceptors (Lipinski definition) is 5. The quantitative estimate of drug-likeness (QED) is 0.673. The molecule has 2 aromatic rings. The summed E-state index contributed by atoms with van der Waals surface area (Å²) in [7, 11) is 0. The number of amides is 1. The van der Waals surface area contributed by atoms with Crippen LogP contribution in [0.2, 0.25) is 0 Å². The number of thiocarbonyl (C=S) groups is 1. The minimum absolute atomic E-state index is 0.110. The van der Waals surface area contributed by atoms with E-state index >= 15 is 0 Å². The predicted octanol–water partition coefficient (Wildman–Crippen LogP) is 2.86. The molecule has 0 unspecified atom stereocenters. The van der Waals surface area contributed by atoms with Crippen molar-refractivity contribution in [2.24, 2.45) is 0 Å². The van der Waals surface area contributed by atoms with Gasteiger partial charge >= 0.3 is 5.97 Å². The summed E-state index contributed by atoms with van der Waals surface area (Å²) in [5.74, 6) is -1.57. The average molecular weight is 356 g/mol. The highest BCUT2D eigenvalue weighted by Gasteiger charge is 2.33. The third-order valence-electron chi connectivity index (χ3n) is 3.37. The van der Waals surface area contributed by atoms with Gasteiger partial charge in [0, 0.05) is 0 Å². The number of anilines is 1. The van der Waals surface area contributed by atoms with Crippen molar-refractivity contribution < 1.29 is 19.8 Å². The lowest BCUT2D eigenvalue weighted by atomic mass is 10.1. The Balaban J connectivity index is 1.97. The number of nitrogens with zero attached hydrogens (tertiary/aromatic N) is 1. The van der Waals surface area contributed by atoms with Gasteiger partial charge in [0.05, 0.1) is 16.2 Å². The van der Waals surface area contributed by atoms with Crippen molar-refractivity contribution in [3.8, 4) is 5.75 Å². The lowest BCUT2D eigenvalue weighted by Gasteiger charge is -2.15. The number of carboxylic acid groups (broad SMARTS) is 1. The first-order valence-electron chi connectivity index (χ1n) is 6.85. The van der Waals surface area contributed by atoms with Crippen LogP contribution in [0, 0.1) is 0 Å². The molecule has 0 radical (unpaired) electrons. The molecule has 7 heteroatoms. The number of carbonyl (C=O) groups excluding carboxylic acids is 1. The molecule has 0 saturated carbocycles. The van der Waals surface area contributed by atoms with E-state index in [1.165, 1.54) is 41.3 Å². The molecule has 120 valence electrons. The Kier molecular flexibility index (Phi) is 4.37. The highest BCUT2D eigenvalue weighted by Crippen LogP contribution is 2.36. The van der Waals surface area contributed by atoms with Gasteiger partial charge in [-0.2, -0.15) is 0 Å². The fourth-order valence-electron chi connectivity index (χ4n) is 2.24. The fourth-order valence-corrected chi connectivity index (χ4v) is 3.53. The molecular weight excluding hydrogens is 346 g/mol. The maximum atomic E-state index is 12.6. The Morgan fingerprint density at radius 3 is 2.50 bits per heavy atom. The van der Waals surface area contributed by atoms with Crippen molar-refractivity contribution in [1.82, 2.24) is 0 Å². The lowest BCUT2D eigenvalue weighted by Crippen LogP contribution is -2.27. The third-order valence-corrected chi connectivity index (χ3v) is 4.67. The SMILES string of the molecule is O=C(O)c1ccccc1/C=C1\SC(=S)N(c2ccc([O-])cc2)C1=O. The van der Waals surface area contributed by atoms with Crippen LogP contribution in [0.5, 0.6) is 5.75 Å². The summed E-state index contributed by atoms with van der Waals surface area (Å²) in [5, 5.41) is 20.4. The summed E-state index contributed by atoms with van der Waals surface area (Å²) < 4.78 is 0.331. The van der Waals surface area contributed by atoms with Crippen LogP contribution in [0.25, 0.3) is 6.08 Å². The molecule has 0 aliphatic carbocycles. The molecule has 1 fully saturated rings. The second-order valence-corrected chi connectivity index (χ2v) is 6.58. The van der Waals surface area contributed by atoms with Crippen LogP contribution >= 0.6 is 24.0 Å². The maximum Gasteiger partial charge on any atom is 0.336 e. The van der Waals surface area contributed by atoms with Crippen molar-refractivity contribution in [1.29, 1.82) is 0 Å². The first kappa shape index (κ1) is 16.2. The first-order chi connectivity index (χ1) is 11.5. The normalized spacial score (nSPS) is 16.0. The molecule has 5 nitrogen and oxygen atoms in total. The van der Waals surface area contributed by atoms with Crippen LogP contribution in [-0.2, 0) is 4.79 Å². The minimum atomic E-state index is -1.07. The third kappa shape index (κ3) is 3.04. The maximum absolute atomic E-state index is 12.6. The Bertz CT molecular complexity index is 874. The van der Waals surface area contributed by atoms with Gasteiger partial charge in [-0.25, -0.2) is 4.79 Å². The minimum Gasteiger partial charge on any atom is -0.872 e. The second-order valence-electron chi connectivity index (χ2n) is 4.90. The second kappa shape index (κ2) is 6.46. The number of aromatic carboxylic acids is 1. The summed E-state index contributed by atoms with van der Waals surface area (Å²) >= 11 is 6.34. The molecule has 0 bridgehead atoms. The van der Waals surface area contributed by atoms with Crippen molar-refractivity contribution in [3.63, 3.8) is 0 Å². The number of rotatable bonds is 3. The molecule has 3 rings (SSSR count). The van der Waals surface area contributed by atoms with Crippen LogP contribution in [-0.4, -0.2) is 21.3 Å². The van der Waals surface area contributed by atoms with E-state index in [9.17, 15) is 19.8 Å². The van der Waals surface area contributed by atoms with Crippen LogP contribution in [0.4, 0.5) is 5.69 Å². The Morgan fingerprint density at radius 2 is 1.83 bits per heavy atom. The van der Waals surface area contributed by atoms with Crippen LogP contribution in [0.1, 0.15) is 15.9 Å². The zero-order chi connectivity index (χ0) is 17.3. The number of hydrogen-bond donors (Lipinski definition) is 1. The van der Waals surface area contributed by atoms with Crippen LogP contribution in [0.3, 0.4) is 0 Å². The van der Waals surface area contributed by atoms with E-state index in [-0.39, 0.29) is 17.2 Å². The van der Waals surface area contributed by atoms with E-state index in [0.29, 0.717) is 20.5 Å². The first-order valence-corrected chi connectivity index (χ1v) is 8.07. The van der Waals surface area contributed by atoms with E-state index in [1.54, 1.807) is 18.2 Å². The average Bonchev–Trinajstić information content (AvgIpc) is 2.83. The van der Waals surface area contributed by atoms with Gasteiger partial charge in [-0.15, -0.1) is 5.75 Å². The summed E-state index contributed by atoms with van der Waals surface area (Å²) in [6.07, 6.45) is 1.52. The highest BCUT2D eigenvalue weighted by atomic mass is 32.2. The monoisotopic (exact) mass is 356 g/mol. The molecule has 2 aromatic carbocycles. The van der Waals surface area contributed by atoms with Crippen molar-refractivity contribution in [3.05, 3.63) is 64.6 Å². The van der Waals surface area contributed by atoms with Gasteiger partial charge in [-0.05, 0) is 29.8 Å². The van der Waals surface area contributed by atoms with Gasteiger partial charge in [0.1, 0.15) is 0 Å². The van der Waals surface area contributed by atoms with Crippen LogP contribution < -0.4 is 10.0 Å². The smallest absolute Gasteiger partial charge is 0.336 e. The van der Waals surface area contributed by atoms with Crippen molar-refractivity contribution in [2.45, 2.75) is 0 Å². The standard InChI is InChI=1S/C17H11NO4S2/c19-12-7-5-11(6-8-12)18-15(20)14(24-17(18)23)9-10-3-1-2-4-13(10)16(21)22/h1-9,19H,(H,21,22)/p-1/b14-9-. The predicted molar refractivity (Wildman–Crippen MR) is 94.9 cm³/mol. The lowest BCUT2D eigenvalue weighted by molar-refractivity contribution is -0.268. The Hall–Kier alpha value is -2.64. The summed E-state index contributed by atoms with van der Waals surface area (Å²) in [4.78, 5) is 25.5. The van der Waals surface area contributed by atoms with E-state index in [2.05, 4.69) is 0 Å².